The van der Waals surface area contributed by atoms with Crippen LogP contribution in [0.25, 0.3) is 0 Å². The Labute approximate surface area is 100.0 Å². The van der Waals surface area contributed by atoms with E-state index in [-0.39, 0.29) is 12.6 Å². The van der Waals surface area contributed by atoms with Crippen molar-refractivity contribution >= 4 is 23.3 Å². The molecule has 86 valence electrons. The van der Waals surface area contributed by atoms with Gasteiger partial charge in [-0.3, -0.25) is 4.79 Å². The first-order chi connectivity index (χ1) is 7.54. The third-order valence-corrected chi connectivity index (χ3v) is 2.51. The quantitative estimate of drug-likeness (QED) is 0.804. The van der Waals surface area contributed by atoms with Crippen molar-refractivity contribution in [2.75, 3.05) is 11.4 Å². The van der Waals surface area contributed by atoms with Crippen LogP contribution < -0.4 is 4.90 Å². The molecule has 0 aromatic heterocycles. The average molecular weight is 240 g/mol. The molecular formula is C12H14ClNO2. The van der Waals surface area contributed by atoms with Gasteiger partial charge in [0.1, 0.15) is 6.54 Å². The zero-order chi connectivity index (χ0) is 12.1. The lowest BCUT2D eigenvalue weighted by Gasteiger charge is -2.27. The number of hydrogen-bond donors (Lipinski definition) is 1. The molecule has 1 aromatic rings. The molecule has 0 aliphatic rings. The van der Waals surface area contributed by atoms with E-state index in [2.05, 4.69) is 6.58 Å². The second kappa shape index (κ2) is 5.56. The zero-order valence-electron chi connectivity index (χ0n) is 9.06. The third kappa shape index (κ3) is 3.28. The second-order valence-electron chi connectivity index (χ2n) is 3.48. The van der Waals surface area contributed by atoms with Gasteiger partial charge in [-0.15, -0.1) is 6.58 Å². The molecule has 0 bridgehead atoms. The van der Waals surface area contributed by atoms with Crippen LogP contribution in [0.15, 0.2) is 36.9 Å². The van der Waals surface area contributed by atoms with E-state index in [0.29, 0.717) is 5.02 Å². The van der Waals surface area contributed by atoms with Gasteiger partial charge in [0.2, 0.25) is 0 Å². The Morgan fingerprint density at radius 2 is 2.38 bits per heavy atom. The number of anilines is 1. The van der Waals surface area contributed by atoms with Crippen molar-refractivity contribution in [2.24, 2.45) is 0 Å². The van der Waals surface area contributed by atoms with Crippen molar-refractivity contribution in [3.63, 3.8) is 0 Å². The van der Waals surface area contributed by atoms with E-state index in [1.165, 1.54) is 0 Å². The van der Waals surface area contributed by atoms with Crippen molar-refractivity contribution in [2.45, 2.75) is 13.0 Å². The van der Waals surface area contributed by atoms with Crippen LogP contribution in [0.5, 0.6) is 0 Å². The first-order valence-corrected chi connectivity index (χ1v) is 5.29. The van der Waals surface area contributed by atoms with Crippen LogP contribution >= 0.6 is 11.6 Å². The van der Waals surface area contributed by atoms with Gasteiger partial charge in [-0.2, -0.15) is 0 Å². The molecule has 16 heavy (non-hydrogen) atoms. The van der Waals surface area contributed by atoms with Gasteiger partial charge in [0.15, 0.2) is 0 Å². The van der Waals surface area contributed by atoms with E-state index in [1.807, 2.05) is 13.0 Å². The summed E-state index contributed by atoms with van der Waals surface area (Å²) >= 11 is 5.87. The standard InChI is InChI=1S/C12H14ClNO2/c1-3-9(2)14(8-12(15)16)11-6-4-5-10(13)7-11/h3-7,9H,1,8H2,2H3,(H,15,16). The number of benzene rings is 1. The number of carbonyl (C=O) groups is 1. The molecule has 0 saturated heterocycles. The van der Waals surface area contributed by atoms with Crippen molar-refractivity contribution in [1.29, 1.82) is 0 Å². The molecule has 0 aliphatic carbocycles. The minimum atomic E-state index is -0.881. The smallest absolute Gasteiger partial charge is 0.323 e. The van der Waals surface area contributed by atoms with Crippen LogP contribution in [0, 0.1) is 0 Å². The van der Waals surface area contributed by atoms with Gasteiger partial charge in [0.25, 0.3) is 0 Å². The predicted octanol–water partition coefficient (Wildman–Crippen LogP) is 2.81. The van der Waals surface area contributed by atoms with Crippen LogP contribution in [0.1, 0.15) is 6.92 Å². The first kappa shape index (κ1) is 12.6. The molecule has 0 heterocycles. The summed E-state index contributed by atoms with van der Waals surface area (Å²) in [4.78, 5) is 12.5. The molecule has 0 spiro atoms. The largest absolute Gasteiger partial charge is 0.480 e. The van der Waals surface area contributed by atoms with Gasteiger partial charge < -0.3 is 10.0 Å². The van der Waals surface area contributed by atoms with E-state index in [4.69, 9.17) is 16.7 Å². The first-order valence-electron chi connectivity index (χ1n) is 4.91. The molecule has 0 aliphatic heterocycles. The van der Waals surface area contributed by atoms with E-state index < -0.39 is 5.97 Å². The van der Waals surface area contributed by atoms with Gasteiger partial charge >= 0.3 is 5.97 Å². The minimum absolute atomic E-state index is 0.0606. The Kier molecular flexibility index (Phi) is 4.38. The average Bonchev–Trinajstić information content (AvgIpc) is 2.24. The maximum absolute atomic E-state index is 10.8. The Morgan fingerprint density at radius 1 is 1.69 bits per heavy atom. The van der Waals surface area contributed by atoms with Crippen molar-refractivity contribution in [3.8, 4) is 0 Å². The molecule has 1 N–H and O–H groups in total. The summed E-state index contributed by atoms with van der Waals surface area (Å²) in [6, 6.07) is 7.05. The van der Waals surface area contributed by atoms with E-state index >= 15 is 0 Å². The monoisotopic (exact) mass is 239 g/mol. The number of rotatable bonds is 5. The summed E-state index contributed by atoms with van der Waals surface area (Å²) in [5, 5.41) is 9.44. The number of aliphatic carboxylic acids is 1. The molecule has 0 amide bonds. The van der Waals surface area contributed by atoms with Gasteiger partial charge in [-0.1, -0.05) is 23.7 Å². The van der Waals surface area contributed by atoms with Crippen LogP contribution in [0.2, 0.25) is 5.02 Å². The van der Waals surface area contributed by atoms with Crippen molar-refractivity contribution < 1.29 is 9.90 Å². The Morgan fingerprint density at radius 3 is 2.88 bits per heavy atom. The Bertz CT molecular complexity index is 392. The molecule has 4 heteroatoms. The molecule has 3 nitrogen and oxygen atoms in total. The van der Waals surface area contributed by atoms with Gasteiger partial charge in [0.05, 0.1) is 0 Å². The van der Waals surface area contributed by atoms with Crippen LogP contribution in [0.3, 0.4) is 0 Å². The molecule has 0 fully saturated rings. The third-order valence-electron chi connectivity index (χ3n) is 2.28. The fourth-order valence-corrected chi connectivity index (χ4v) is 1.58. The lowest BCUT2D eigenvalue weighted by atomic mass is 10.2. The van der Waals surface area contributed by atoms with E-state index in [9.17, 15) is 4.79 Å². The number of hydrogen-bond acceptors (Lipinski definition) is 2. The van der Waals surface area contributed by atoms with Crippen molar-refractivity contribution in [3.05, 3.63) is 41.9 Å². The summed E-state index contributed by atoms with van der Waals surface area (Å²) < 4.78 is 0. The number of carboxylic acid groups (broad SMARTS) is 1. The van der Waals surface area contributed by atoms with Crippen LogP contribution in [0.4, 0.5) is 5.69 Å². The molecule has 0 radical (unpaired) electrons. The highest BCUT2D eigenvalue weighted by molar-refractivity contribution is 6.30. The number of nitrogens with zero attached hydrogens (tertiary/aromatic N) is 1. The molecule has 1 rings (SSSR count). The summed E-state index contributed by atoms with van der Waals surface area (Å²) in [5.41, 5.74) is 0.780. The lowest BCUT2D eigenvalue weighted by Crippen LogP contribution is -2.36. The van der Waals surface area contributed by atoms with Gasteiger partial charge in [0, 0.05) is 16.8 Å². The molecule has 1 unspecified atom stereocenters. The Balaban J connectivity index is 3.00. The summed E-state index contributed by atoms with van der Waals surface area (Å²) in [7, 11) is 0. The minimum Gasteiger partial charge on any atom is -0.480 e. The van der Waals surface area contributed by atoms with Crippen molar-refractivity contribution in [1.82, 2.24) is 0 Å². The summed E-state index contributed by atoms with van der Waals surface area (Å²) in [6.07, 6.45) is 1.70. The molecule has 1 atom stereocenters. The number of halogens is 1. The SMILES string of the molecule is C=CC(C)N(CC(=O)O)c1cccc(Cl)c1. The highest BCUT2D eigenvalue weighted by Gasteiger charge is 2.15. The molecule has 0 saturated carbocycles. The highest BCUT2D eigenvalue weighted by Crippen LogP contribution is 2.21. The molecular weight excluding hydrogens is 226 g/mol. The summed E-state index contributed by atoms with van der Waals surface area (Å²) in [5.74, 6) is -0.881. The Hall–Kier alpha value is -1.48. The predicted molar refractivity (Wildman–Crippen MR) is 66.1 cm³/mol. The maximum atomic E-state index is 10.8. The molecule has 1 aromatic carbocycles. The van der Waals surface area contributed by atoms with E-state index in [1.54, 1.807) is 29.2 Å². The number of carboxylic acids is 1. The fourth-order valence-electron chi connectivity index (χ4n) is 1.40. The zero-order valence-corrected chi connectivity index (χ0v) is 9.81. The van der Waals surface area contributed by atoms with Gasteiger partial charge in [-0.25, -0.2) is 0 Å². The van der Waals surface area contributed by atoms with Crippen LogP contribution in [-0.4, -0.2) is 23.7 Å². The highest BCUT2D eigenvalue weighted by atomic mass is 35.5. The van der Waals surface area contributed by atoms with Crippen LogP contribution in [-0.2, 0) is 4.79 Å². The second-order valence-corrected chi connectivity index (χ2v) is 3.91. The lowest BCUT2D eigenvalue weighted by molar-refractivity contribution is -0.135. The normalized spacial score (nSPS) is 11.9. The van der Waals surface area contributed by atoms with Gasteiger partial charge in [-0.05, 0) is 25.1 Å². The maximum Gasteiger partial charge on any atom is 0.323 e. The summed E-state index contributed by atoms with van der Waals surface area (Å²) in [6.45, 7) is 5.48. The fraction of sp³-hybridized carbons (Fsp3) is 0.250. The van der Waals surface area contributed by atoms with E-state index in [0.717, 1.165) is 5.69 Å². The topological polar surface area (TPSA) is 40.5 Å².